The first-order chi connectivity index (χ1) is 58.5. The van der Waals surface area contributed by atoms with Crippen molar-refractivity contribution in [1.29, 1.82) is 0 Å². The Hall–Kier alpha value is -4.62. The van der Waals surface area contributed by atoms with E-state index in [-0.39, 0.29) is 85.3 Å². The average molecular weight is 1730 g/mol. The maximum Gasteiger partial charge on any atom is 0.316 e. The van der Waals surface area contributed by atoms with Gasteiger partial charge in [-0.25, -0.2) is 0 Å². The quantitative estimate of drug-likeness (QED) is 0.0655. The molecule has 6 N–H and O–H groups in total. The summed E-state index contributed by atoms with van der Waals surface area (Å²) in [5.74, 6) is -5.18. The van der Waals surface area contributed by atoms with E-state index in [4.69, 9.17) is 94.7 Å². The van der Waals surface area contributed by atoms with Gasteiger partial charge in [0, 0.05) is 103 Å². The molecular formula is C95H142O28. The summed E-state index contributed by atoms with van der Waals surface area (Å²) in [7, 11) is 6.44. The van der Waals surface area contributed by atoms with E-state index in [2.05, 4.69) is 79.7 Å². The topological polar surface area (TPSA) is 340 Å². The van der Waals surface area contributed by atoms with E-state index in [1.807, 2.05) is 64.2 Å². The van der Waals surface area contributed by atoms with Crippen LogP contribution in [0.1, 0.15) is 181 Å². The maximum atomic E-state index is 14.3. The van der Waals surface area contributed by atoms with Gasteiger partial charge in [0.15, 0.2) is 36.7 Å². The summed E-state index contributed by atoms with van der Waals surface area (Å²) in [6.07, 6.45) is 16.1. The van der Waals surface area contributed by atoms with Crippen molar-refractivity contribution >= 4 is 11.9 Å². The highest BCUT2D eigenvalue weighted by Crippen LogP contribution is 2.51. The third-order valence-corrected chi connectivity index (χ3v) is 28.5. The summed E-state index contributed by atoms with van der Waals surface area (Å²) in [4.78, 5) is 28.6. The molecule has 14 rings (SSSR count). The molecule has 0 aromatic carbocycles. The van der Waals surface area contributed by atoms with Gasteiger partial charge in [0.2, 0.25) is 0 Å². The molecule has 28 heteroatoms. The lowest BCUT2D eigenvalue weighted by molar-refractivity contribution is -0.318. The molecule has 0 saturated carbocycles. The second-order valence-electron chi connectivity index (χ2n) is 37.8. The molecule has 123 heavy (non-hydrogen) atoms. The van der Waals surface area contributed by atoms with Crippen molar-refractivity contribution in [3.63, 3.8) is 0 Å². The highest BCUT2D eigenvalue weighted by molar-refractivity contribution is 5.79. The largest absolute Gasteiger partial charge is 0.462 e. The number of fused-ring (bicyclic) bond motifs is 4. The highest BCUT2D eigenvalue weighted by Gasteiger charge is 2.63. The van der Waals surface area contributed by atoms with Gasteiger partial charge in [-0.05, 0) is 126 Å². The molecular weight excluding hydrogens is 1590 g/mol. The summed E-state index contributed by atoms with van der Waals surface area (Å²) in [6.45, 7) is 32.1. The number of hydrogen-bond acceptors (Lipinski definition) is 28. The van der Waals surface area contributed by atoms with Crippen molar-refractivity contribution in [3.05, 3.63) is 119 Å². The Balaban J connectivity index is 0.000000212. The van der Waals surface area contributed by atoms with E-state index in [9.17, 15) is 40.2 Å². The first kappa shape index (κ1) is 95.9. The minimum Gasteiger partial charge on any atom is -0.462 e. The Morgan fingerprint density at radius 3 is 1.22 bits per heavy atom. The van der Waals surface area contributed by atoms with E-state index in [0.29, 0.717) is 86.5 Å². The zero-order valence-corrected chi connectivity index (χ0v) is 75.7. The van der Waals surface area contributed by atoms with Gasteiger partial charge in [0.05, 0.1) is 98.7 Å². The summed E-state index contributed by atoms with van der Waals surface area (Å²) >= 11 is 0. The number of esters is 2. The second kappa shape index (κ2) is 40.4. The van der Waals surface area contributed by atoms with Gasteiger partial charge in [-0.3, -0.25) is 9.59 Å². The van der Waals surface area contributed by atoms with Crippen LogP contribution in [0.4, 0.5) is 0 Å². The van der Waals surface area contributed by atoms with Crippen LogP contribution >= 0.6 is 0 Å². The van der Waals surface area contributed by atoms with E-state index in [1.54, 1.807) is 80.4 Å². The molecule has 0 radical (unpaired) electrons. The van der Waals surface area contributed by atoms with Crippen molar-refractivity contribution in [2.24, 2.45) is 47.3 Å². The number of ether oxygens (including phenoxy) is 20. The standard InChI is InChI=1S/C48H72O14.C47H70O14/c1-11-25(2)43-28(5)17-18-47(62-43)23-34-20-33(61-47)16-15-27(4)42(26(3)13-12-14-32-24-55-45-40(49)29(6)19-35(46(51)58-34)48(32,45)52)59-39-22-37(54-10)44(31(8)57-39)60-38-21-36(53-9)41(50)30(7)56-38;1-24(2)41-27(5)16-17-46(61-41)22-33-19-32(60-46)15-14-26(4)42(25(3)12-11-13-31-23-54-44-39(48)28(6)18-34(45(50)57-33)47(31,44)51)58-38-21-36(53-10)43(30(8)56-38)59-37-20-35(52-9)40(49)29(7)55-37/h12-15,17-19,25-26,28,30-31,33-45,49-50,52H,11,16,20-24H2,1-10H3;11-14,16-18,24-25,27,29-30,32-44,48-49,51H,15,19-23H2,1-10H3/b13-12+,27-15+,32-14+;12-11+,26-14?,31-13+/t25-,26-,28-,30-,31-,33+,34-,35-,36-,37-,38-,39-,40+,41-,42-,43+,44-,45+,47+,48+;25-,27-,29-,30-,32+,33-,34-,35-,36-,37-,38-,39+,40-,41+,42-,43-,44+,46+,47+/m00/s1. The molecule has 2 aliphatic carbocycles. The predicted octanol–water partition coefficient (Wildman–Crippen LogP) is 10.4. The summed E-state index contributed by atoms with van der Waals surface area (Å²) in [6, 6.07) is 0. The molecule has 4 bridgehead atoms. The Labute approximate surface area is 726 Å². The summed E-state index contributed by atoms with van der Waals surface area (Å²) in [5.41, 5.74) is 0.263. The van der Waals surface area contributed by atoms with Gasteiger partial charge in [0.1, 0.15) is 84.1 Å². The molecule has 2 spiro atoms. The van der Waals surface area contributed by atoms with Crippen molar-refractivity contribution in [3.8, 4) is 0 Å². The smallest absolute Gasteiger partial charge is 0.316 e. The number of rotatable bonds is 15. The van der Waals surface area contributed by atoms with Crippen LogP contribution in [0.25, 0.3) is 0 Å². The number of carbonyl (C=O) groups excluding carboxylic acids is 2. The number of hydrogen-bond donors (Lipinski definition) is 6. The third kappa shape index (κ3) is 20.6. The first-order valence-corrected chi connectivity index (χ1v) is 45.2. The monoisotopic (exact) mass is 1730 g/mol. The van der Waals surface area contributed by atoms with Gasteiger partial charge in [0.25, 0.3) is 0 Å². The van der Waals surface area contributed by atoms with Crippen LogP contribution < -0.4 is 0 Å². The van der Waals surface area contributed by atoms with Crippen molar-refractivity contribution in [2.75, 3.05) is 41.7 Å². The number of methoxy groups -OCH3 is 4. The fourth-order valence-corrected chi connectivity index (χ4v) is 21.0. The van der Waals surface area contributed by atoms with E-state index in [0.717, 1.165) is 17.6 Å². The molecule has 8 saturated heterocycles. The van der Waals surface area contributed by atoms with E-state index in [1.165, 1.54) is 0 Å². The van der Waals surface area contributed by atoms with Crippen molar-refractivity contribution in [1.82, 2.24) is 0 Å². The fraction of sp³-hybridized carbons (Fsp3) is 0.768. The van der Waals surface area contributed by atoms with E-state index >= 15 is 0 Å². The predicted molar refractivity (Wildman–Crippen MR) is 450 cm³/mol. The maximum absolute atomic E-state index is 14.3. The molecule has 12 heterocycles. The zero-order chi connectivity index (χ0) is 88.6. The molecule has 690 valence electrons. The lowest BCUT2D eigenvalue weighted by Gasteiger charge is -2.48. The van der Waals surface area contributed by atoms with Crippen LogP contribution in [0, 0.1) is 47.3 Å². The third-order valence-electron chi connectivity index (χ3n) is 28.5. The molecule has 0 aromatic rings. The second-order valence-corrected chi connectivity index (χ2v) is 37.8. The highest BCUT2D eigenvalue weighted by atomic mass is 16.8. The first-order valence-electron chi connectivity index (χ1n) is 45.2. The molecule has 0 amide bonds. The lowest BCUT2D eigenvalue weighted by Crippen LogP contribution is -2.58. The summed E-state index contributed by atoms with van der Waals surface area (Å²) in [5, 5.41) is 68.4. The van der Waals surface area contributed by atoms with Crippen molar-refractivity contribution < 1.29 is 135 Å². The molecule has 12 aliphatic heterocycles. The van der Waals surface area contributed by atoms with Gasteiger partial charge in [-0.15, -0.1) is 0 Å². The summed E-state index contributed by atoms with van der Waals surface area (Å²) < 4.78 is 127. The Bertz CT molecular complexity index is 3920. The molecule has 0 unspecified atom stereocenters. The minimum atomic E-state index is -1.84. The van der Waals surface area contributed by atoms with Gasteiger partial charge in [-0.1, -0.05) is 135 Å². The Morgan fingerprint density at radius 1 is 0.455 bits per heavy atom. The molecule has 14 aliphatic rings. The van der Waals surface area contributed by atoms with Crippen LogP contribution in [0.3, 0.4) is 0 Å². The van der Waals surface area contributed by atoms with Gasteiger partial charge >= 0.3 is 11.9 Å². The molecule has 0 aromatic heterocycles. The van der Waals surface area contributed by atoms with Crippen molar-refractivity contribution in [2.45, 2.75) is 376 Å². The zero-order valence-electron chi connectivity index (χ0n) is 75.7. The van der Waals surface area contributed by atoms with Crippen LogP contribution in [0.5, 0.6) is 0 Å². The van der Waals surface area contributed by atoms with Crippen LogP contribution in [0.15, 0.2) is 119 Å². The molecule has 28 nitrogen and oxygen atoms in total. The number of allylic oxidation sites excluding steroid dienone is 4. The minimum absolute atomic E-state index is 0.0313. The van der Waals surface area contributed by atoms with Gasteiger partial charge in [-0.2, -0.15) is 0 Å². The number of aliphatic hydroxyl groups is 6. The van der Waals surface area contributed by atoms with Gasteiger partial charge < -0.3 is 125 Å². The Kier molecular flexibility index (Phi) is 31.5. The number of aliphatic hydroxyl groups excluding tert-OH is 4. The SMILES string of the molecule is CC[C@H](C)[C@H]1O[C@]2(C=C[C@@H]1C)C[C@@H]1C[C@@H](C/C=C(\C)[C@@H](O[C@H]3C[C@H](OC)[C@@H](O[C@H]4C[C@H](OC)[C@@H](O)[C@H](C)O4)[C@H](C)O3)[C@@H](C)/C=C/C=C3\CO[C@@H]4[C@H](O)C(C)=C[C@@H](C(=O)O1)[C@]34O)O2.CO[C@H]1C[C@H](O[C@H]2[C@H](C)O[C@@H](O[C@@H]3C(C)=CC[C@@H]4C[C@@H](C[C@]5(C=C[C@H](C)[C@@H](C(C)C)O5)O4)OC(=O)[C@@H]4C=C(C)[C@@H](O)[C@H]5OC/C(=C\C=C\[C@@H]3C)[C@]54O)C[C@@H]2OC)O[C@@H](C)[C@@H]1O. The van der Waals surface area contributed by atoms with Crippen LogP contribution in [-0.4, -0.2) is 279 Å². The van der Waals surface area contributed by atoms with Crippen LogP contribution in [0.2, 0.25) is 0 Å². The fourth-order valence-electron chi connectivity index (χ4n) is 21.0. The molecule has 8 fully saturated rings. The normalized spacial score (nSPS) is 48.8. The van der Waals surface area contributed by atoms with Crippen LogP contribution in [-0.2, 0) is 104 Å². The Morgan fingerprint density at radius 2 is 0.829 bits per heavy atom. The molecule has 39 atom stereocenters. The van der Waals surface area contributed by atoms with E-state index < -0.39 is 182 Å². The lowest BCUT2D eigenvalue weighted by atomic mass is 9.71. The average Bonchev–Trinajstić information content (AvgIpc) is 1.61. The number of carbonyl (C=O) groups is 2.